The smallest absolute Gasteiger partial charge is 0.238 e. The average Bonchev–Trinajstić information content (AvgIpc) is 3.52. The summed E-state index contributed by atoms with van der Waals surface area (Å²) in [4.78, 5) is 12.5. The lowest BCUT2D eigenvalue weighted by molar-refractivity contribution is -0.123. The number of carbonyl (C=O) groups excluding carboxylic acids is 1. The number of carbonyl (C=O) groups is 1. The Hall–Kier alpha value is -3.43. The van der Waals surface area contributed by atoms with E-state index in [0.29, 0.717) is 29.4 Å². The molecule has 1 fully saturated rings. The van der Waals surface area contributed by atoms with Gasteiger partial charge in [-0.2, -0.15) is 0 Å². The Labute approximate surface area is 171 Å². The fraction of sp³-hybridized carbons (Fsp3) is 0.238. The first kappa shape index (κ1) is 18.6. The molecule has 2 atom stereocenters. The van der Waals surface area contributed by atoms with E-state index in [9.17, 15) is 9.18 Å². The molecule has 3 heterocycles. The van der Waals surface area contributed by atoms with Crippen LogP contribution < -0.4 is 25.6 Å². The van der Waals surface area contributed by atoms with Crippen LogP contribution in [0.2, 0.25) is 0 Å². The summed E-state index contributed by atoms with van der Waals surface area (Å²) >= 11 is 0. The Bertz CT molecular complexity index is 1070. The van der Waals surface area contributed by atoms with Crippen molar-refractivity contribution >= 4 is 5.91 Å². The summed E-state index contributed by atoms with van der Waals surface area (Å²) in [5, 5.41) is 6.88. The lowest BCUT2D eigenvalue weighted by Crippen LogP contribution is -2.42. The van der Waals surface area contributed by atoms with E-state index in [0.717, 1.165) is 11.1 Å². The van der Waals surface area contributed by atoms with Crippen molar-refractivity contribution in [3.05, 3.63) is 65.6 Å². The van der Waals surface area contributed by atoms with E-state index in [1.807, 2.05) is 18.2 Å². The summed E-state index contributed by atoms with van der Waals surface area (Å²) in [6, 6.07) is 13.1. The third kappa shape index (κ3) is 3.72. The maximum Gasteiger partial charge on any atom is 0.238 e. The number of fused-ring (bicyclic) bond motifs is 1. The number of ether oxygens (including phenoxy) is 2. The van der Waals surface area contributed by atoms with Crippen LogP contribution in [0.15, 0.2) is 53.1 Å². The zero-order chi connectivity index (χ0) is 20.5. The molecule has 154 valence electrons. The molecule has 30 heavy (non-hydrogen) atoms. The SMILES string of the molecule is O=C(NCc1cc(-c2ccc3c(c2)OCO3)on1)C1CC(c2ccc(F)cc2)NN1. The van der Waals surface area contributed by atoms with Crippen LogP contribution in [0.1, 0.15) is 23.7 Å². The van der Waals surface area contributed by atoms with Crippen molar-refractivity contribution in [3.63, 3.8) is 0 Å². The molecule has 5 rings (SSSR count). The number of nitrogens with one attached hydrogen (secondary N) is 3. The van der Waals surface area contributed by atoms with Gasteiger partial charge in [0.1, 0.15) is 17.6 Å². The number of benzene rings is 2. The van der Waals surface area contributed by atoms with Gasteiger partial charge in [-0.1, -0.05) is 17.3 Å². The first-order chi connectivity index (χ1) is 14.7. The Kier molecular flexibility index (Phi) is 4.82. The molecule has 3 N–H and O–H groups in total. The van der Waals surface area contributed by atoms with Gasteiger partial charge in [0, 0.05) is 17.7 Å². The number of aromatic nitrogens is 1. The highest BCUT2D eigenvalue weighted by atomic mass is 19.1. The molecule has 0 saturated carbocycles. The fourth-order valence-electron chi connectivity index (χ4n) is 3.52. The van der Waals surface area contributed by atoms with E-state index in [1.165, 1.54) is 12.1 Å². The van der Waals surface area contributed by atoms with Crippen LogP contribution >= 0.6 is 0 Å². The molecule has 2 aliphatic rings. The van der Waals surface area contributed by atoms with Crippen molar-refractivity contribution in [2.45, 2.75) is 25.0 Å². The molecule has 8 nitrogen and oxygen atoms in total. The fourth-order valence-corrected chi connectivity index (χ4v) is 3.52. The minimum absolute atomic E-state index is 0.0639. The van der Waals surface area contributed by atoms with Crippen molar-refractivity contribution in [1.82, 2.24) is 21.3 Å². The highest BCUT2D eigenvalue weighted by molar-refractivity contribution is 5.82. The maximum atomic E-state index is 13.1. The second-order valence-electron chi connectivity index (χ2n) is 7.15. The van der Waals surface area contributed by atoms with Gasteiger partial charge >= 0.3 is 0 Å². The third-order valence-corrected chi connectivity index (χ3v) is 5.15. The largest absolute Gasteiger partial charge is 0.454 e. The molecule has 0 aliphatic carbocycles. The van der Waals surface area contributed by atoms with Gasteiger partial charge in [0.05, 0.1) is 6.54 Å². The first-order valence-electron chi connectivity index (χ1n) is 9.55. The summed E-state index contributed by atoms with van der Waals surface area (Å²) in [5.41, 5.74) is 8.41. The van der Waals surface area contributed by atoms with Crippen LogP contribution in [0.25, 0.3) is 11.3 Å². The monoisotopic (exact) mass is 410 g/mol. The van der Waals surface area contributed by atoms with Gasteiger partial charge < -0.3 is 19.3 Å². The zero-order valence-corrected chi connectivity index (χ0v) is 15.9. The Balaban J connectivity index is 1.17. The van der Waals surface area contributed by atoms with Crippen LogP contribution in [-0.4, -0.2) is 23.9 Å². The topological polar surface area (TPSA) is 97.7 Å². The minimum Gasteiger partial charge on any atom is -0.454 e. The van der Waals surface area contributed by atoms with E-state index in [2.05, 4.69) is 21.3 Å². The summed E-state index contributed by atoms with van der Waals surface area (Å²) < 4.78 is 29.2. The zero-order valence-electron chi connectivity index (χ0n) is 15.9. The molecule has 0 bridgehead atoms. The predicted molar refractivity (Wildman–Crippen MR) is 104 cm³/mol. The van der Waals surface area contributed by atoms with Crippen LogP contribution in [0.5, 0.6) is 11.5 Å². The second-order valence-corrected chi connectivity index (χ2v) is 7.15. The number of hydrazine groups is 1. The molecule has 1 aromatic heterocycles. The molecular formula is C21H19FN4O4. The van der Waals surface area contributed by atoms with Crippen molar-refractivity contribution in [2.24, 2.45) is 0 Å². The molecule has 2 aliphatic heterocycles. The van der Waals surface area contributed by atoms with Gasteiger partial charge in [0.25, 0.3) is 0 Å². The van der Waals surface area contributed by atoms with E-state index >= 15 is 0 Å². The quantitative estimate of drug-likeness (QED) is 0.594. The van der Waals surface area contributed by atoms with E-state index in [1.54, 1.807) is 18.2 Å². The standard InChI is InChI=1S/C21H19FN4O4/c22-14-4-1-12(2-5-14)16-9-17(25-24-16)21(27)23-10-15-8-19(30-26-15)13-3-6-18-20(7-13)29-11-28-18/h1-8,16-17,24-25H,9-11H2,(H,23,27). The predicted octanol–water partition coefficient (Wildman–Crippen LogP) is 2.43. The molecular weight excluding hydrogens is 391 g/mol. The normalized spacial score (nSPS) is 19.8. The Morgan fingerprint density at radius 2 is 1.93 bits per heavy atom. The first-order valence-corrected chi connectivity index (χ1v) is 9.55. The summed E-state index contributed by atoms with van der Waals surface area (Å²) in [6.07, 6.45) is 0.554. The maximum absolute atomic E-state index is 13.1. The molecule has 2 aromatic carbocycles. The van der Waals surface area contributed by atoms with Crippen LogP contribution in [-0.2, 0) is 11.3 Å². The molecule has 9 heteroatoms. The average molecular weight is 410 g/mol. The number of halogens is 1. The van der Waals surface area contributed by atoms with Gasteiger partial charge in [0.15, 0.2) is 17.3 Å². The van der Waals surface area contributed by atoms with E-state index in [-0.39, 0.29) is 31.1 Å². The number of nitrogens with zero attached hydrogens (tertiary/aromatic N) is 1. The molecule has 0 spiro atoms. The van der Waals surface area contributed by atoms with Gasteiger partial charge in [-0.15, -0.1) is 0 Å². The summed E-state index contributed by atoms with van der Waals surface area (Å²) in [6.45, 7) is 0.449. The number of hydrogen-bond acceptors (Lipinski definition) is 7. The van der Waals surface area contributed by atoms with Crippen molar-refractivity contribution in [1.29, 1.82) is 0 Å². The van der Waals surface area contributed by atoms with Crippen molar-refractivity contribution in [3.8, 4) is 22.8 Å². The van der Waals surface area contributed by atoms with E-state index in [4.69, 9.17) is 14.0 Å². The van der Waals surface area contributed by atoms with Crippen LogP contribution in [0.4, 0.5) is 4.39 Å². The molecule has 2 unspecified atom stereocenters. The molecule has 1 saturated heterocycles. The molecule has 3 aromatic rings. The molecule has 1 amide bonds. The lowest BCUT2D eigenvalue weighted by atomic mass is 10.0. The second kappa shape index (κ2) is 7.77. The summed E-state index contributed by atoms with van der Waals surface area (Å²) in [5.74, 6) is 1.50. The van der Waals surface area contributed by atoms with Gasteiger partial charge in [-0.25, -0.2) is 15.2 Å². The van der Waals surface area contributed by atoms with Gasteiger partial charge in [-0.3, -0.25) is 4.79 Å². The number of hydrogen-bond donors (Lipinski definition) is 3. The third-order valence-electron chi connectivity index (χ3n) is 5.15. The van der Waals surface area contributed by atoms with Gasteiger partial charge in [-0.05, 0) is 42.3 Å². The minimum atomic E-state index is -0.403. The molecule has 0 radical (unpaired) electrons. The van der Waals surface area contributed by atoms with Crippen molar-refractivity contribution in [2.75, 3.05) is 6.79 Å². The van der Waals surface area contributed by atoms with E-state index < -0.39 is 6.04 Å². The number of rotatable bonds is 5. The highest BCUT2D eigenvalue weighted by Crippen LogP contribution is 2.36. The van der Waals surface area contributed by atoms with Crippen molar-refractivity contribution < 1.29 is 23.2 Å². The van der Waals surface area contributed by atoms with Crippen LogP contribution in [0, 0.1) is 5.82 Å². The van der Waals surface area contributed by atoms with Gasteiger partial charge in [0.2, 0.25) is 12.7 Å². The lowest BCUT2D eigenvalue weighted by Gasteiger charge is -2.10. The Morgan fingerprint density at radius 3 is 2.80 bits per heavy atom. The number of amides is 1. The highest BCUT2D eigenvalue weighted by Gasteiger charge is 2.30. The van der Waals surface area contributed by atoms with Crippen LogP contribution in [0.3, 0.4) is 0 Å². The Morgan fingerprint density at radius 1 is 1.10 bits per heavy atom. The summed E-state index contributed by atoms with van der Waals surface area (Å²) in [7, 11) is 0.